The third-order valence-corrected chi connectivity index (χ3v) is 3.30. The SMILES string of the molecule is C=CCN(CC=C)C(=O)COC(=O)c1cc(OC)c(OC)cc1[N+](=O)[O-]. The van der Waals surface area contributed by atoms with E-state index in [1.54, 1.807) is 0 Å². The van der Waals surface area contributed by atoms with Gasteiger partial charge in [-0.1, -0.05) is 12.2 Å². The van der Waals surface area contributed by atoms with Crippen LogP contribution in [0.3, 0.4) is 0 Å². The zero-order valence-electron chi connectivity index (χ0n) is 14.6. The topological polar surface area (TPSA) is 108 Å². The van der Waals surface area contributed by atoms with E-state index in [1.807, 2.05) is 0 Å². The zero-order chi connectivity index (χ0) is 19.7. The Morgan fingerprint density at radius 2 is 1.69 bits per heavy atom. The molecule has 0 radical (unpaired) electrons. The summed E-state index contributed by atoms with van der Waals surface area (Å²) in [7, 11) is 2.64. The van der Waals surface area contributed by atoms with Gasteiger partial charge in [0.15, 0.2) is 18.1 Å². The number of rotatable bonds is 10. The number of amides is 1. The molecule has 1 aromatic carbocycles. The average Bonchev–Trinajstić information content (AvgIpc) is 2.64. The molecule has 0 heterocycles. The highest BCUT2D eigenvalue weighted by Gasteiger charge is 2.26. The molecule has 1 aromatic rings. The number of hydrogen-bond donors (Lipinski definition) is 0. The van der Waals surface area contributed by atoms with Crippen molar-refractivity contribution in [3.63, 3.8) is 0 Å². The Morgan fingerprint density at radius 3 is 2.15 bits per heavy atom. The van der Waals surface area contributed by atoms with Gasteiger partial charge >= 0.3 is 5.97 Å². The summed E-state index contributed by atoms with van der Waals surface area (Å²) in [5.74, 6) is -1.30. The first-order valence-corrected chi connectivity index (χ1v) is 7.46. The summed E-state index contributed by atoms with van der Waals surface area (Å²) in [6.07, 6.45) is 3.03. The molecule has 9 heteroatoms. The fourth-order valence-corrected chi connectivity index (χ4v) is 2.07. The number of benzene rings is 1. The van der Waals surface area contributed by atoms with Crippen LogP contribution in [0.4, 0.5) is 5.69 Å². The maximum atomic E-state index is 12.2. The largest absolute Gasteiger partial charge is 0.493 e. The number of nitro benzene ring substituents is 1. The van der Waals surface area contributed by atoms with Crippen molar-refractivity contribution in [1.82, 2.24) is 4.90 Å². The van der Waals surface area contributed by atoms with Crippen LogP contribution >= 0.6 is 0 Å². The lowest BCUT2D eigenvalue weighted by Gasteiger charge is -2.19. The highest BCUT2D eigenvalue weighted by molar-refractivity contribution is 5.96. The van der Waals surface area contributed by atoms with E-state index in [2.05, 4.69) is 13.2 Å². The molecule has 9 nitrogen and oxygen atoms in total. The number of esters is 1. The predicted molar refractivity (Wildman–Crippen MR) is 93.5 cm³/mol. The van der Waals surface area contributed by atoms with Gasteiger partial charge in [0, 0.05) is 19.2 Å². The molecule has 0 aliphatic heterocycles. The molecule has 0 saturated heterocycles. The second-order valence-corrected chi connectivity index (χ2v) is 4.93. The van der Waals surface area contributed by atoms with E-state index in [-0.39, 0.29) is 30.2 Å². The molecule has 0 N–H and O–H groups in total. The third kappa shape index (κ3) is 5.07. The van der Waals surface area contributed by atoms with Crippen molar-refractivity contribution in [2.24, 2.45) is 0 Å². The summed E-state index contributed by atoms with van der Waals surface area (Å²) >= 11 is 0. The number of methoxy groups -OCH3 is 2. The summed E-state index contributed by atoms with van der Waals surface area (Å²) in [6.45, 7) is 7.00. The van der Waals surface area contributed by atoms with Crippen molar-refractivity contribution in [2.45, 2.75) is 0 Å². The van der Waals surface area contributed by atoms with Crippen LogP contribution in [0.25, 0.3) is 0 Å². The van der Waals surface area contributed by atoms with E-state index in [0.717, 1.165) is 12.1 Å². The van der Waals surface area contributed by atoms with Crippen LogP contribution < -0.4 is 9.47 Å². The summed E-state index contributed by atoms with van der Waals surface area (Å²) in [5, 5.41) is 11.2. The molecule has 0 aromatic heterocycles. The van der Waals surface area contributed by atoms with E-state index < -0.39 is 29.1 Å². The van der Waals surface area contributed by atoms with Crippen LogP contribution in [0.15, 0.2) is 37.4 Å². The van der Waals surface area contributed by atoms with Gasteiger partial charge in [-0.25, -0.2) is 4.79 Å². The maximum absolute atomic E-state index is 12.2. The van der Waals surface area contributed by atoms with Crippen LogP contribution in [-0.2, 0) is 9.53 Å². The molecule has 0 fully saturated rings. The Labute approximate surface area is 150 Å². The first-order chi connectivity index (χ1) is 12.4. The van der Waals surface area contributed by atoms with Crippen molar-refractivity contribution in [3.8, 4) is 11.5 Å². The van der Waals surface area contributed by atoms with Gasteiger partial charge in [0.1, 0.15) is 5.56 Å². The van der Waals surface area contributed by atoms with Gasteiger partial charge in [-0.15, -0.1) is 13.2 Å². The minimum Gasteiger partial charge on any atom is -0.493 e. The zero-order valence-corrected chi connectivity index (χ0v) is 14.6. The number of hydrogen-bond acceptors (Lipinski definition) is 7. The van der Waals surface area contributed by atoms with Crippen molar-refractivity contribution in [1.29, 1.82) is 0 Å². The maximum Gasteiger partial charge on any atom is 0.345 e. The fraction of sp³-hybridized carbons (Fsp3) is 0.294. The number of carbonyl (C=O) groups excluding carboxylic acids is 2. The number of carbonyl (C=O) groups is 2. The molecule has 0 saturated carbocycles. The minimum absolute atomic E-state index is 0.0926. The second kappa shape index (κ2) is 9.82. The molecule has 1 amide bonds. The Hall–Kier alpha value is -3.36. The molecular formula is C17H20N2O7. The lowest BCUT2D eigenvalue weighted by molar-refractivity contribution is -0.385. The lowest BCUT2D eigenvalue weighted by atomic mass is 10.1. The summed E-state index contributed by atoms with van der Waals surface area (Å²) in [4.78, 5) is 36.1. The second-order valence-electron chi connectivity index (χ2n) is 4.93. The lowest BCUT2D eigenvalue weighted by Crippen LogP contribution is -2.35. The third-order valence-electron chi connectivity index (χ3n) is 3.30. The quantitative estimate of drug-likeness (QED) is 0.270. The number of ether oxygens (including phenoxy) is 3. The van der Waals surface area contributed by atoms with Crippen LogP contribution in [0.2, 0.25) is 0 Å². The van der Waals surface area contributed by atoms with E-state index in [9.17, 15) is 19.7 Å². The monoisotopic (exact) mass is 364 g/mol. The first kappa shape index (κ1) is 20.7. The van der Waals surface area contributed by atoms with Crippen LogP contribution in [0, 0.1) is 10.1 Å². The van der Waals surface area contributed by atoms with E-state index in [1.165, 1.54) is 31.3 Å². The molecule has 0 unspecified atom stereocenters. The Kier molecular flexibility index (Phi) is 7.81. The fourth-order valence-electron chi connectivity index (χ4n) is 2.07. The highest BCUT2D eigenvalue weighted by Crippen LogP contribution is 2.34. The van der Waals surface area contributed by atoms with Gasteiger partial charge in [-0.3, -0.25) is 14.9 Å². The molecule has 0 aliphatic rings. The smallest absolute Gasteiger partial charge is 0.345 e. The van der Waals surface area contributed by atoms with Crippen molar-refractivity contribution < 1.29 is 28.7 Å². The minimum atomic E-state index is -1.02. The van der Waals surface area contributed by atoms with Crippen molar-refractivity contribution in [3.05, 3.63) is 53.1 Å². The van der Waals surface area contributed by atoms with Crippen LogP contribution in [-0.4, -0.2) is 55.6 Å². The van der Waals surface area contributed by atoms with E-state index in [0.29, 0.717) is 0 Å². The Morgan fingerprint density at radius 1 is 1.15 bits per heavy atom. The van der Waals surface area contributed by atoms with Gasteiger partial charge in [-0.2, -0.15) is 0 Å². The first-order valence-electron chi connectivity index (χ1n) is 7.46. The van der Waals surface area contributed by atoms with E-state index >= 15 is 0 Å². The molecule has 140 valence electrons. The van der Waals surface area contributed by atoms with Gasteiger partial charge < -0.3 is 19.1 Å². The van der Waals surface area contributed by atoms with Crippen LogP contribution in [0.1, 0.15) is 10.4 Å². The van der Waals surface area contributed by atoms with Gasteiger partial charge in [0.05, 0.1) is 25.2 Å². The normalized spacial score (nSPS) is 9.77. The van der Waals surface area contributed by atoms with Crippen LogP contribution in [0.5, 0.6) is 11.5 Å². The standard InChI is InChI=1S/C17H20N2O7/c1-5-7-18(8-6-2)16(20)11-26-17(21)12-9-14(24-3)15(25-4)10-13(12)19(22)23/h5-6,9-10H,1-2,7-8,11H2,3-4H3. The van der Waals surface area contributed by atoms with Crippen molar-refractivity contribution in [2.75, 3.05) is 33.9 Å². The molecule has 1 rings (SSSR count). The Bertz CT molecular complexity index is 705. The van der Waals surface area contributed by atoms with Gasteiger partial charge in [0.25, 0.3) is 11.6 Å². The molecule has 26 heavy (non-hydrogen) atoms. The Balaban J connectivity index is 3.02. The number of nitrogens with zero attached hydrogens (tertiary/aromatic N) is 2. The molecule has 0 atom stereocenters. The number of nitro groups is 1. The van der Waals surface area contributed by atoms with E-state index in [4.69, 9.17) is 14.2 Å². The molecule has 0 aliphatic carbocycles. The van der Waals surface area contributed by atoms with Gasteiger partial charge in [-0.05, 0) is 0 Å². The van der Waals surface area contributed by atoms with Gasteiger partial charge in [0.2, 0.25) is 0 Å². The summed E-state index contributed by atoms with van der Waals surface area (Å²) < 4.78 is 14.9. The average molecular weight is 364 g/mol. The summed E-state index contributed by atoms with van der Waals surface area (Å²) in [5.41, 5.74) is -0.867. The highest BCUT2D eigenvalue weighted by atomic mass is 16.6. The molecule has 0 bridgehead atoms. The molecule has 0 spiro atoms. The molecular weight excluding hydrogens is 344 g/mol. The summed E-state index contributed by atoms with van der Waals surface area (Å²) in [6, 6.07) is 2.19. The van der Waals surface area contributed by atoms with Crippen molar-refractivity contribution >= 4 is 17.6 Å². The predicted octanol–water partition coefficient (Wildman–Crippen LogP) is 1.97.